The Balaban J connectivity index is 1.64. The van der Waals surface area contributed by atoms with Crippen molar-refractivity contribution in [1.29, 1.82) is 0 Å². The molecule has 4 aliphatic rings. The highest BCUT2D eigenvalue weighted by Gasteiger charge is 2.61. The maximum Gasteiger partial charge on any atom is 0.141 e. The zero-order valence-corrected chi connectivity index (χ0v) is 13.8. The van der Waals surface area contributed by atoms with Crippen LogP contribution in [0.3, 0.4) is 0 Å². The summed E-state index contributed by atoms with van der Waals surface area (Å²) in [5.74, 6) is 2.76. The van der Waals surface area contributed by atoms with Crippen molar-refractivity contribution in [3.05, 3.63) is 0 Å². The quantitative estimate of drug-likeness (QED) is 0.783. The first-order valence-corrected chi connectivity index (χ1v) is 9.33. The Morgan fingerprint density at radius 1 is 1.09 bits per heavy atom. The number of carbonyl (C=O) groups excluding carboxylic acids is 1. The average Bonchev–Trinajstić information content (AvgIpc) is 2.86. The van der Waals surface area contributed by atoms with E-state index in [4.69, 9.17) is 0 Å². The molecule has 0 unspecified atom stereocenters. The third-order valence-corrected chi connectivity index (χ3v) is 8.37. The number of rotatable bonds is 1. The van der Waals surface area contributed by atoms with Crippen molar-refractivity contribution in [2.45, 2.75) is 70.8 Å². The highest BCUT2D eigenvalue weighted by molar-refractivity contribution is 5.87. The predicted octanol–water partition coefficient (Wildman–Crippen LogP) is 2.93. The fourth-order valence-electron chi connectivity index (χ4n) is 7.11. The summed E-state index contributed by atoms with van der Waals surface area (Å²) in [5, 5.41) is 20.0. The lowest BCUT2D eigenvalue weighted by Crippen LogP contribution is -2.55. The van der Waals surface area contributed by atoms with Crippen LogP contribution in [0.25, 0.3) is 0 Å². The normalized spacial score (nSPS) is 54.5. The Labute approximate surface area is 133 Å². The summed E-state index contributed by atoms with van der Waals surface area (Å²) >= 11 is 0. The highest BCUT2D eigenvalue weighted by Crippen LogP contribution is 2.65. The van der Waals surface area contributed by atoms with Crippen molar-refractivity contribution >= 4 is 5.78 Å². The Bertz CT molecular complexity index is 475. The zero-order chi connectivity index (χ0) is 15.5. The Kier molecular flexibility index (Phi) is 3.47. The van der Waals surface area contributed by atoms with Gasteiger partial charge in [-0.15, -0.1) is 0 Å². The van der Waals surface area contributed by atoms with E-state index in [1.54, 1.807) is 0 Å². The number of aliphatic hydroxyl groups excluding tert-OH is 2. The van der Waals surface area contributed by atoms with Crippen LogP contribution in [0, 0.1) is 34.5 Å². The van der Waals surface area contributed by atoms with Gasteiger partial charge >= 0.3 is 0 Å². The van der Waals surface area contributed by atoms with Gasteiger partial charge in [0.05, 0.1) is 18.1 Å². The van der Waals surface area contributed by atoms with Gasteiger partial charge in [0.15, 0.2) is 0 Å². The number of carbonyl (C=O) groups is 1. The molecular weight excluding hydrogens is 276 g/mol. The maximum absolute atomic E-state index is 12.4. The smallest absolute Gasteiger partial charge is 0.141 e. The predicted molar refractivity (Wildman–Crippen MR) is 84.2 cm³/mol. The largest absolute Gasteiger partial charge is 0.395 e. The fraction of sp³-hybridized carbons (Fsp3) is 0.947. The molecule has 4 fully saturated rings. The molecule has 3 heteroatoms. The standard InChI is InChI=1S/C19H30O3/c1-18-8-6-13(21)10-12(18)2-3-14-15(18)7-9-19(11-20)16(14)4-5-17(19)22/h12-16,20-21H,2-11H2,1H3/t12-,13+,14+,15-,16-,18-,19+/m0/s1. The first-order valence-electron chi connectivity index (χ1n) is 9.33. The van der Waals surface area contributed by atoms with E-state index in [-0.39, 0.29) is 12.7 Å². The Morgan fingerprint density at radius 2 is 1.91 bits per heavy atom. The minimum Gasteiger partial charge on any atom is -0.395 e. The lowest BCUT2D eigenvalue weighted by Gasteiger charge is -2.60. The van der Waals surface area contributed by atoms with Crippen molar-refractivity contribution in [1.82, 2.24) is 0 Å². The van der Waals surface area contributed by atoms with Gasteiger partial charge in [0.25, 0.3) is 0 Å². The summed E-state index contributed by atoms with van der Waals surface area (Å²) in [6, 6.07) is 0. The minimum absolute atomic E-state index is 0.0680. The molecule has 0 radical (unpaired) electrons. The van der Waals surface area contributed by atoms with Crippen LogP contribution in [-0.2, 0) is 4.79 Å². The van der Waals surface area contributed by atoms with E-state index in [1.807, 2.05) is 0 Å². The maximum atomic E-state index is 12.4. The van der Waals surface area contributed by atoms with Crippen LogP contribution in [-0.4, -0.2) is 28.7 Å². The second-order valence-electron chi connectivity index (χ2n) is 8.90. The molecule has 4 aliphatic carbocycles. The SMILES string of the molecule is C[C@]12CC[C@@H](O)C[C@@H]1CC[C@H]1[C@@H]3CCC(=O)[C@@]3(CO)CC[C@@H]12. The summed E-state index contributed by atoms with van der Waals surface area (Å²) in [4.78, 5) is 12.4. The molecule has 124 valence electrons. The van der Waals surface area contributed by atoms with Gasteiger partial charge in [-0.05, 0) is 80.5 Å². The fourth-order valence-corrected chi connectivity index (χ4v) is 7.11. The molecule has 0 heterocycles. The van der Waals surface area contributed by atoms with Gasteiger partial charge in [-0.3, -0.25) is 4.79 Å². The average molecular weight is 306 g/mol. The van der Waals surface area contributed by atoms with E-state index in [1.165, 1.54) is 12.8 Å². The third kappa shape index (κ3) is 1.84. The van der Waals surface area contributed by atoms with Crippen molar-refractivity contribution in [2.24, 2.45) is 34.5 Å². The minimum atomic E-state index is -0.390. The van der Waals surface area contributed by atoms with Crippen LogP contribution in [0.5, 0.6) is 0 Å². The molecule has 0 aromatic heterocycles. The number of hydrogen-bond donors (Lipinski definition) is 2. The first kappa shape index (κ1) is 15.1. The van der Waals surface area contributed by atoms with E-state index in [9.17, 15) is 15.0 Å². The van der Waals surface area contributed by atoms with Gasteiger partial charge in [-0.2, -0.15) is 0 Å². The summed E-state index contributed by atoms with van der Waals surface area (Å²) in [5.41, 5.74) is -0.0338. The molecule has 0 aromatic carbocycles. The molecule has 22 heavy (non-hydrogen) atoms. The number of Topliss-reactive ketones (excluding diaryl/α,β-unsaturated/α-hetero) is 1. The molecule has 0 aliphatic heterocycles. The Hall–Kier alpha value is -0.410. The summed E-state index contributed by atoms with van der Waals surface area (Å²) in [6.45, 7) is 2.53. The molecular formula is C19H30O3. The molecule has 7 atom stereocenters. The van der Waals surface area contributed by atoms with Crippen molar-refractivity contribution in [3.63, 3.8) is 0 Å². The number of aliphatic hydroxyl groups is 2. The van der Waals surface area contributed by atoms with Gasteiger partial charge in [0, 0.05) is 6.42 Å². The molecule has 0 bridgehead atoms. The van der Waals surface area contributed by atoms with Gasteiger partial charge < -0.3 is 10.2 Å². The van der Waals surface area contributed by atoms with Crippen LogP contribution in [0.2, 0.25) is 0 Å². The second-order valence-corrected chi connectivity index (χ2v) is 8.90. The van der Waals surface area contributed by atoms with E-state index >= 15 is 0 Å². The number of fused-ring (bicyclic) bond motifs is 5. The molecule has 4 rings (SSSR count). The number of ketones is 1. The lowest BCUT2D eigenvalue weighted by atomic mass is 9.45. The second kappa shape index (κ2) is 5.04. The van der Waals surface area contributed by atoms with Crippen molar-refractivity contribution < 1.29 is 15.0 Å². The summed E-state index contributed by atoms with van der Waals surface area (Å²) < 4.78 is 0. The molecule has 0 aromatic rings. The first-order chi connectivity index (χ1) is 10.5. The van der Waals surface area contributed by atoms with Crippen LogP contribution >= 0.6 is 0 Å². The molecule has 2 N–H and O–H groups in total. The monoisotopic (exact) mass is 306 g/mol. The van der Waals surface area contributed by atoms with Gasteiger partial charge in [-0.1, -0.05) is 6.92 Å². The van der Waals surface area contributed by atoms with Crippen molar-refractivity contribution in [3.8, 4) is 0 Å². The third-order valence-electron chi connectivity index (χ3n) is 8.37. The topological polar surface area (TPSA) is 57.5 Å². The molecule has 0 spiro atoms. The molecule has 0 amide bonds. The van der Waals surface area contributed by atoms with E-state index in [0.717, 1.165) is 38.5 Å². The summed E-state index contributed by atoms with van der Waals surface area (Å²) in [7, 11) is 0. The van der Waals surface area contributed by atoms with E-state index in [0.29, 0.717) is 41.3 Å². The van der Waals surface area contributed by atoms with E-state index in [2.05, 4.69) is 6.92 Å². The lowest BCUT2D eigenvalue weighted by molar-refractivity contribution is -0.150. The highest BCUT2D eigenvalue weighted by atomic mass is 16.3. The van der Waals surface area contributed by atoms with Gasteiger partial charge in [0.1, 0.15) is 5.78 Å². The van der Waals surface area contributed by atoms with E-state index < -0.39 is 5.41 Å². The van der Waals surface area contributed by atoms with Crippen LogP contribution in [0.1, 0.15) is 64.7 Å². The van der Waals surface area contributed by atoms with Crippen LogP contribution in [0.4, 0.5) is 0 Å². The van der Waals surface area contributed by atoms with Crippen LogP contribution < -0.4 is 0 Å². The van der Waals surface area contributed by atoms with Crippen LogP contribution in [0.15, 0.2) is 0 Å². The van der Waals surface area contributed by atoms with Crippen molar-refractivity contribution in [2.75, 3.05) is 6.61 Å². The van der Waals surface area contributed by atoms with Gasteiger partial charge in [0.2, 0.25) is 0 Å². The Morgan fingerprint density at radius 3 is 2.68 bits per heavy atom. The number of hydrogen-bond acceptors (Lipinski definition) is 3. The van der Waals surface area contributed by atoms with Gasteiger partial charge in [-0.25, -0.2) is 0 Å². The molecule has 0 saturated heterocycles. The zero-order valence-electron chi connectivity index (χ0n) is 13.8. The molecule has 4 saturated carbocycles. The summed E-state index contributed by atoms with van der Waals surface area (Å²) in [6.07, 6.45) is 9.10. The molecule has 3 nitrogen and oxygen atoms in total.